The number of hydrogen-bond acceptors (Lipinski definition) is 3. The maximum atomic E-state index is 12.0. The SMILES string of the molecule is O=C(CC1CCCCO1)N1CCC(CO)CC1. The summed E-state index contributed by atoms with van der Waals surface area (Å²) >= 11 is 0. The zero-order valence-corrected chi connectivity index (χ0v) is 10.4. The van der Waals surface area contributed by atoms with Crippen LogP contribution in [0.25, 0.3) is 0 Å². The van der Waals surface area contributed by atoms with Crippen molar-refractivity contribution in [2.45, 2.75) is 44.6 Å². The molecule has 17 heavy (non-hydrogen) atoms. The molecule has 1 atom stereocenters. The van der Waals surface area contributed by atoms with E-state index in [-0.39, 0.29) is 18.6 Å². The van der Waals surface area contributed by atoms with E-state index < -0.39 is 0 Å². The summed E-state index contributed by atoms with van der Waals surface area (Å²) in [6, 6.07) is 0. The lowest BCUT2D eigenvalue weighted by Gasteiger charge is -2.32. The molecule has 0 radical (unpaired) electrons. The van der Waals surface area contributed by atoms with E-state index in [2.05, 4.69) is 0 Å². The molecule has 1 amide bonds. The van der Waals surface area contributed by atoms with Gasteiger partial charge in [-0.15, -0.1) is 0 Å². The van der Waals surface area contributed by atoms with E-state index in [0.717, 1.165) is 45.4 Å². The van der Waals surface area contributed by atoms with Gasteiger partial charge in [0.25, 0.3) is 0 Å². The van der Waals surface area contributed by atoms with Gasteiger partial charge >= 0.3 is 0 Å². The predicted octanol–water partition coefficient (Wildman–Crippen LogP) is 1.18. The van der Waals surface area contributed by atoms with Crippen LogP contribution in [0.2, 0.25) is 0 Å². The van der Waals surface area contributed by atoms with Gasteiger partial charge in [-0.2, -0.15) is 0 Å². The fourth-order valence-electron chi connectivity index (χ4n) is 2.66. The van der Waals surface area contributed by atoms with Crippen LogP contribution in [0.15, 0.2) is 0 Å². The molecule has 4 nitrogen and oxygen atoms in total. The van der Waals surface area contributed by atoms with Gasteiger partial charge in [-0.25, -0.2) is 0 Å². The van der Waals surface area contributed by atoms with E-state index in [4.69, 9.17) is 9.84 Å². The molecule has 0 spiro atoms. The lowest BCUT2D eigenvalue weighted by molar-refractivity contribution is -0.136. The number of hydrogen-bond donors (Lipinski definition) is 1. The van der Waals surface area contributed by atoms with Gasteiger partial charge in [0.15, 0.2) is 0 Å². The van der Waals surface area contributed by atoms with Crippen molar-refractivity contribution in [2.24, 2.45) is 5.92 Å². The van der Waals surface area contributed by atoms with Crippen molar-refractivity contribution in [3.05, 3.63) is 0 Å². The predicted molar refractivity (Wildman–Crippen MR) is 64.6 cm³/mol. The first-order valence-corrected chi connectivity index (χ1v) is 6.80. The minimum Gasteiger partial charge on any atom is -0.396 e. The zero-order valence-electron chi connectivity index (χ0n) is 10.4. The first-order valence-electron chi connectivity index (χ1n) is 6.80. The highest BCUT2D eigenvalue weighted by Gasteiger charge is 2.25. The Labute approximate surface area is 103 Å². The van der Waals surface area contributed by atoms with Crippen molar-refractivity contribution in [3.8, 4) is 0 Å². The van der Waals surface area contributed by atoms with Crippen molar-refractivity contribution >= 4 is 5.91 Å². The summed E-state index contributed by atoms with van der Waals surface area (Å²) in [5, 5.41) is 9.05. The minimum atomic E-state index is 0.145. The number of aliphatic hydroxyl groups excluding tert-OH is 1. The Hall–Kier alpha value is -0.610. The lowest BCUT2D eigenvalue weighted by atomic mass is 9.97. The monoisotopic (exact) mass is 241 g/mol. The Balaban J connectivity index is 1.72. The normalized spacial score (nSPS) is 27.1. The summed E-state index contributed by atoms with van der Waals surface area (Å²) in [4.78, 5) is 14.0. The second-order valence-electron chi connectivity index (χ2n) is 5.20. The molecule has 2 rings (SSSR count). The van der Waals surface area contributed by atoms with Gasteiger partial charge < -0.3 is 14.7 Å². The maximum absolute atomic E-state index is 12.0. The van der Waals surface area contributed by atoms with Crippen molar-refractivity contribution < 1.29 is 14.6 Å². The first-order chi connectivity index (χ1) is 8.29. The molecule has 4 heteroatoms. The van der Waals surface area contributed by atoms with Gasteiger partial charge in [0, 0.05) is 26.3 Å². The Morgan fingerprint density at radius 1 is 1.24 bits per heavy atom. The van der Waals surface area contributed by atoms with E-state index in [9.17, 15) is 4.79 Å². The zero-order chi connectivity index (χ0) is 12.1. The third-order valence-corrected chi connectivity index (χ3v) is 3.90. The molecule has 0 aromatic heterocycles. The second kappa shape index (κ2) is 6.36. The summed E-state index contributed by atoms with van der Waals surface area (Å²) in [5.41, 5.74) is 0. The molecule has 2 aliphatic rings. The van der Waals surface area contributed by atoms with E-state index in [1.165, 1.54) is 6.42 Å². The summed E-state index contributed by atoms with van der Waals surface area (Å²) in [7, 11) is 0. The number of carbonyl (C=O) groups excluding carboxylic acids is 1. The Morgan fingerprint density at radius 3 is 2.59 bits per heavy atom. The van der Waals surface area contributed by atoms with Crippen LogP contribution >= 0.6 is 0 Å². The van der Waals surface area contributed by atoms with Crippen LogP contribution in [0.1, 0.15) is 38.5 Å². The fourth-order valence-corrected chi connectivity index (χ4v) is 2.66. The van der Waals surface area contributed by atoms with Gasteiger partial charge in [0.1, 0.15) is 0 Å². The van der Waals surface area contributed by atoms with Crippen LogP contribution in [0, 0.1) is 5.92 Å². The largest absolute Gasteiger partial charge is 0.396 e. The second-order valence-corrected chi connectivity index (χ2v) is 5.20. The van der Waals surface area contributed by atoms with E-state index >= 15 is 0 Å². The van der Waals surface area contributed by atoms with Crippen LogP contribution in [0.4, 0.5) is 0 Å². The number of amides is 1. The number of carbonyl (C=O) groups is 1. The fraction of sp³-hybridized carbons (Fsp3) is 0.923. The van der Waals surface area contributed by atoms with Gasteiger partial charge in [0.2, 0.25) is 5.91 Å². The van der Waals surface area contributed by atoms with E-state index in [1.807, 2.05) is 4.90 Å². The van der Waals surface area contributed by atoms with Crippen molar-refractivity contribution in [2.75, 3.05) is 26.3 Å². The van der Waals surface area contributed by atoms with Gasteiger partial charge in [-0.1, -0.05) is 0 Å². The quantitative estimate of drug-likeness (QED) is 0.807. The highest BCUT2D eigenvalue weighted by atomic mass is 16.5. The molecular weight excluding hydrogens is 218 g/mol. The Morgan fingerprint density at radius 2 is 2.00 bits per heavy atom. The number of piperidine rings is 1. The first kappa shape index (κ1) is 12.8. The number of likely N-dealkylation sites (tertiary alicyclic amines) is 1. The summed E-state index contributed by atoms with van der Waals surface area (Å²) < 4.78 is 5.59. The van der Waals surface area contributed by atoms with Crippen LogP contribution in [-0.2, 0) is 9.53 Å². The standard InChI is InChI=1S/C13H23NO3/c15-10-11-4-6-14(7-5-11)13(16)9-12-3-1-2-8-17-12/h11-12,15H,1-10H2. The Bertz CT molecular complexity index is 243. The highest BCUT2D eigenvalue weighted by molar-refractivity contribution is 5.76. The highest BCUT2D eigenvalue weighted by Crippen LogP contribution is 2.20. The molecule has 0 aromatic carbocycles. The van der Waals surface area contributed by atoms with E-state index in [0.29, 0.717) is 12.3 Å². The molecule has 1 unspecified atom stereocenters. The molecule has 2 aliphatic heterocycles. The number of aliphatic hydroxyl groups is 1. The average Bonchev–Trinajstić information content (AvgIpc) is 2.40. The topological polar surface area (TPSA) is 49.8 Å². The maximum Gasteiger partial charge on any atom is 0.225 e. The van der Waals surface area contributed by atoms with Crippen molar-refractivity contribution in [3.63, 3.8) is 0 Å². The summed E-state index contributed by atoms with van der Waals surface area (Å²) in [6.45, 7) is 2.67. The van der Waals surface area contributed by atoms with Gasteiger partial charge in [-0.3, -0.25) is 4.79 Å². The molecule has 2 fully saturated rings. The van der Waals surface area contributed by atoms with Crippen molar-refractivity contribution in [1.82, 2.24) is 4.90 Å². The summed E-state index contributed by atoms with van der Waals surface area (Å²) in [5.74, 6) is 0.623. The van der Waals surface area contributed by atoms with Crippen LogP contribution in [-0.4, -0.2) is 48.3 Å². The molecule has 0 aliphatic carbocycles. The molecular formula is C13H23NO3. The summed E-state index contributed by atoms with van der Waals surface area (Å²) in [6.07, 6.45) is 5.91. The molecule has 2 saturated heterocycles. The number of rotatable bonds is 3. The van der Waals surface area contributed by atoms with Crippen LogP contribution in [0.5, 0.6) is 0 Å². The third-order valence-electron chi connectivity index (χ3n) is 3.90. The van der Waals surface area contributed by atoms with Crippen LogP contribution in [0.3, 0.4) is 0 Å². The Kier molecular flexibility index (Phi) is 4.80. The van der Waals surface area contributed by atoms with Gasteiger partial charge in [-0.05, 0) is 38.0 Å². The molecule has 2 heterocycles. The lowest BCUT2D eigenvalue weighted by Crippen LogP contribution is -2.41. The molecule has 1 N–H and O–H groups in total. The molecule has 0 saturated carbocycles. The number of nitrogens with zero attached hydrogens (tertiary/aromatic N) is 1. The smallest absolute Gasteiger partial charge is 0.225 e. The molecule has 0 bridgehead atoms. The molecule has 98 valence electrons. The van der Waals surface area contributed by atoms with Crippen molar-refractivity contribution in [1.29, 1.82) is 0 Å². The molecule has 0 aromatic rings. The van der Waals surface area contributed by atoms with Crippen LogP contribution < -0.4 is 0 Å². The minimum absolute atomic E-state index is 0.145. The van der Waals surface area contributed by atoms with Gasteiger partial charge in [0.05, 0.1) is 12.5 Å². The van der Waals surface area contributed by atoms with E-state index in [1.54, 1.807) is 0 Å². The average molecular weight is 241 g/mol. The number of ether oxygens (including phenoxy) is 1. The third kappa shape index (κ3) is 3.68.